The third-order valence-electron chi connectivity index (χ3n) is 7.93. The van der Waals surface area contributed by atoms with Crippen LogP contribution in [0.1, 0.15) is 54.7 Å². The second kappa shape index (κ2) is 7.71. The summed E-state index contributed by atoms with van der Waals surface area (Å²) in [5, 5.41) is 25.9. The van der Waals surface area contributed by atoms with Gasteiger partial charge in [0.25, 0.3) is 5.56 Å². The minimum Gasteiger partial charge on any atom is -0.458 e. The third kappa shape index (κ3) is 2.94. The predicted octanol–water partition coefficient (Wildman–Crippen LogP) is 2.00. The highest BCUT2D eigenvalue weighted by molar-refractivity contribution is 5.89. The van der Waals surface area contributed by atoms with Gasteiger partial charge in [-0.15, -0.1) is 0 Å². The summed E-state index contributed by atoms with van der Waals surface area (Å²) in [4.78, 5) is 40.0. The summed E-state index contributed by atoms with van der Waals surface area (Å²) in [6.07, 6.45) is 3.71. The Morgan fingerprint density at radius 3 is 2.71 bits per heavy atom. The van der Waals surface area contributed by atoms with E-state index in [9.17, 15) is 29.0 Å². The Labute approximate surface area is 214 Å². The Hall–Kier alpha value is -4.09. The van der Waals surface area contributed by atoms with Crippen molar-refractivity contribution in [3.05, 3.63) is 79.4 Å². The maximum atomic E-state index is 14.4. The Kier molecular flexibility index (Phi) is 4.68. The van der Waals surface area contributed by atoms with Gasteiger partial charge in [0.1, 0.15) is 18.1 Å². The van der Waals surface area contributed by atoms with Crippen LogP contribution in [0, 0.1) is 5.82 Å². The maximum absolute atomic E-state index is 14.4. The van der Waals surface area contributed by atoms with Crippen molar-refractivity contribution in [3.63, 3.8) is 0 Å². The fraction of sp³-hybridized carbons (Fsp3) is 0.333. The van der Waals surface area contributed by atoms with Crippen LogP contribution < -0.4 is 11.0 Å². The molecule has 7 rings (SSSR count). The van der Waals surface area contributed by atoms with Crippen molar-refractivity contribution in [2.24, 2.45) is 0 Å². The molecule has 1 fully saturated rings. The van der Waals surface area contributed by atoms with Crippen LogP contribution in [0.4, 0.5) is 4.39 Å². The molecule has 0 spiro atoms. The van der Waals surface area contributed by atoms with Crippen molar-refractivity contribution in [2.45, 2.75) is 57.6 Å². The number of ether oxygens (including phenoxy) is 1. The summed E-state index contributed by atoms with van der Waals surface area (Å²) in [6.45, 7) is 0.971. The lowest BCUT2D eigenvalue weighted by Gasteiger charge is -2.31. The largest absolute Gasteiger partial charge is 0.458 e. The van der Waals surface area contributed by atoms with E-state index >= 15 is 0 Å². The third-order valence-corrected chi connectivity index (χ3v) is 7.93. The summed E-state index contributed by atoms with van der Waals surface area (Å²) in [7, 11) is 0. The van der Waals surface area contributed by atoms with Gasteiger partial charge in [0.15, 0.2) is 11.0 Å². The first-order valence-electron chi connectivity index (χ1n) is 12.5. The van der Waals surface area contributed by atoms with E-state index in [1.165, 1.54) is 22.8 Å². The Morgan fingerprint density at radius 1 is 1.21 bits per heavy atom. The number of aliphatic hydroxyl groups is 2. The number of esters is 1. The highest BCUT2D eigenvalue weighted by atomic mass is 19.1. The number of pyridine rings is 2. The van der Waals surface area contributed by atoms with Crippen LogP contribution in [-0.4, -0.2) is 35.1 Å². The van der Waals surface area contributed by atoms with E-state index in [1.807, 2.05) is 0 Å². The molecule has 10 nitrogen and oxygen atoms in total. The molecule has 5 heterocycles. The number of hydrogen-bond donors (Lipinski definition) is 2. The predicted molar refractivity (Wildman–Crippen MR) is 132 cm³/mol. The quantitative estimate of drug-likeness (QED) is 0.348. The average Bonchev–Trinajstić information content (AvgIpc) is 3.56. The van der Waals surface area contributed by atoms with E-state index in [0.717, 1.165) is 18.9 Å². The van der Waals surface area contributed by atoms with Gasteiger partial charge in [-0.3, -0.25) is 14.3 Å². The van der Waals surface area contributed by atoms with Crippen LogP contribution in [0.2, 0.25) is 0 Å². The highest BCUT2D eigenvalue weighted by Crippen LogP contribution is 2.40. The molecule has 1 atom stereocenters. The zero-order valence-corrected chi connectivity index (χ0v) is 20.4. The molecule has 194 valence electrons. The number of hydrogen-bond acceptors (Lipinski definition) is 7. The summed E-state index contributed by atoms with van der Waals surface area (Å²) in [5.74, 6) is -1.45. The van der Waals surface area contributed by atoms with Crippen molar-refractivity contribution in [3.8, 4) is 16.9 Å². The van der Waals surface area contributed by atoms with Crippen molar-refractivity contribution >= 4 is 16.9 Å². The van der Waals surface area contributed by atoms with Gasteiger partial charge in [-0.2, -0.15) is 5.10 Å². The second-order valence-corrected chi connectivity index (χ2v) is 10.1. The maximum Gasteiger partial charge on any atom is 0.343 e. The number of benzene rings is 1. The molecule has 11 heteroatoms. The first kappa shape index (κ1) is 23.1. The molecule has 0 radical (unpaired) electrons. The molecule has 0 saturated heterocycles. The van der Waals surface area contributed by atoms with E-state index in [1.54, 1.807) is 22.4 Å². The zero-order valence-electron chi connectivity index (χ0n) is 20.4. The molecule has 3 aliphatic rings. The van der Waals surface area contributed by atoms with Crippen molar-refractivity contribution in [1.29, 1.82) is 0 Å². The van der Waals surface area contributed by atoms with E-state index in [-0.39, 0.29) is 60.0 Å². The van der Waals surface area contributed by atoms with Crippen LogP contribution in [0.5, 0.6) is 0 Å². The number of halogens is 1. The number of rotatable bonds is 4. The molecule has 1 aliphatic carbocycles. The summed E-state index contributed by atoms with van der Waals surface area (Å²) in [6, 6.07) is 5.63. The van der Waals surface area contributed by atoms with Crippen LogP contribution in [-0.2, 0) is 34.9 Å². The van der Waals surface area contributed by atoms with Gasteiger partial charge in [0.2, 0.25) is 0 Å². The lowest BCUT2D eigenvalue weighted by Crippen LogP contribution is -2.44. The van der Waals surface area contributed by atoms with Crippen molar-refractivity contribution in [1.82, 2.24) is 18.9 Å². The SMILES string of the molecule is CC[C@@]1(O)C(=O)OCc2c1cc1n(c2=O)Cc2c-1c(=O)c1cc(F)ccc1n2-c1cn(C2CC2)nc1CO. The van der Waals surface area contributed by atoms with Crippen LogP contribution >= 0.6 is 0 Å². The van der Waals surface area contributed by atoms with Gasteiger partial charge >= 0.3 is 5.97 Å². The van der Waals surface area contributed by atoms with E-state index in [2.05, 4.69) is 5.10 Å². The molecule has 2 N–H and O–H groups in total. The minimum absolute atomic E-state index is 0.0112. The van der Waals surface area contributed by atoms with Gasteiger partial charge < -0.3 is 24.1 Å². The molecule has 38 heavy (non-hydrogen) atoms. The Morgan fingerprint density at radius 2 is 2.00 bits per heavy atom. The van der Waals surface area contributed by atoms with Crippen molar-refractivity contribution in [2.75, 3.05) is 0 Å². The van der Waals surface area contributed by atoms with Gasteiger partial charge in [0.05, 0.1) is 52.9 Å². The summed E-state index contributed by atoms with van der Waals surface area (Å²) in [5.41, 5.74) is -0.528. The number of cyclic esters (lactones) is 1. The molecule has 4 aromatic rings. The minimum atomic E-state index is -2.03. The summed E-state index contributed by atoms with van der Waals surface area (Å²) >= 11 is 0. The average molecular weight is 519 g/mol. The van der Waals surface area contributed by atoms with E-state index in [4.69, 9.17) is 4.74 Å². The highest BCUT2D eigenvalue weighted by Gasteiger charge is 2.45. The number of aliphatic hydroxyl groups excluding tert-OH is 1. The van der Waals surface area contributed by atoms with Gasteiger partial charge in [-0.25, -0.2) is 9.18 Å². The van der Waals surface area contributed by atoms with Crippen LogP contribution in [0.3, 0.4) is 0 Å². The van der Waals surface area contributed by atoms with Gasteiger partial charge in [-0.1, -0.05) is 6.92 Å². The fourth-order valence-corrected chi connectivity index (χ4v) is 5.76. The smallest absolute Gasteiger partial charge is 0.343 e. The zero-order chi connectivity index (χ0) is 26.5. The topological polar surface area (TPSA) is 129 Å². The van der Waals surface area contributed by atoms with Gasteiger partial charge in [-0.05, 0) is 43.5 Å². The number of nitrogens with zero attached hydrogens (tertiary/aromatic N) is 4. The molecule has 0 amide bonds. The molecule has 0 unspecified atom stereocenters. The Balaban J connectivity index is 1.58. The summed E-state index contributed by atoms with van der Waals surface area (Å²) < 4.78 is 24.5. The first-order chi connectivity index (χ1) is 18.3. The molecule has 1 saturated carbocycles. The number of fused-ring (bicyclic) bond motifs is 5. The molecule has 3 aromatic heterocycles. The van der Waals surface area contributed by atoms with Gasteiger partial charge in [0, 0.05) is 17.1 Å². The van der Waals surface area contributed by atoms with Crippen LogP contribution in [0.15, 0.2) is 40.1 Å². The monoisotopic (exact) mass is 518 g/mol. The lowest BCUT2D eigenvalue weighted by molar-refractivity contribution is -0.172. The lowest BCUT2D eigenvalue weighted by atomic mass is 9.85. The second-order valence-electron chi connectivity index (χ2n) is 10.1. The normalized spacial score (nSPS) is 19.8. The van der Waals surface area contributed by atoms with Crippen molar-refractivity contribution < 1.29 is 24.1 Å². The molecular weight excluding hydrogens is 495 g/mol. The molecule has 2 aliphatic heterocycles. The molecule has 1 aromatic carbocycles. The number of aromatic nitrogens is 4. The number of carbonyl (C=O) groups excluding carboxylic acids is 1. The molecular formula is C27H23FN4O6. The van der Waals surface area contributed by atoms with E-state index < -0.39 is 28.4 Å². The number of carbonyl (C=O) groups is 1. The molecule has 0 bridgehead atoms. The fourth-order valence-electron chi connectivity index (χ4n) is 5.76. The standard InChI is InChI=1S/C27H23FN4O6/c1-2-27(37)17-8-20-23-22(9-30(20)25(35)16(17)12-38-26(27)36)32(19-6-3-13(28)7-15(19)24(23)34)21-10-31(14-4-5-14)29-18(21)11-33/h3,6-8,10,14,33,37H,2,4-5,9,11-12H2,1H3/t27-/m0/s1. The Bertz CT molecular complexity index is 1830. The first-order valence-corrected chi connectivity index (χ1v) is 12.5. The van der Waals surface area contributed by atoms with E-state index in [0.29, 0.717) is 22.6 Å². The van der Waals surface area contributed by atoms with Crippen LogP contribution in [0.25, 0.3) is 27.8 Å².